The van der Waals surface area contributed by atoms with Gasteiger partial charge in [0.15, 0.2) is 5.69 Å². The molecule has 2 aromatic heterocycles. The third-order valence-corrected chi connectivity index (χ3v) is 6.15. The lowest BCUT2D eigenvalue weighted by atomic mass is 10.0. The van der Waals surface area contributed by atoms with Gasteiger partial charge in [0.1, 0.15) is 11.6 Å². The number of likely N-dealkylation sites (N-methyl/N-ethyl adjacent to an activating group) is 1. The number of aromatic nitrogens is 2. The molecule has 29 heavy (non-hydrogen) atoms. The topological polar surface area (TPSA) is 50.1 Å². The number of piperazine rings is 1. The molecule has 1 amide bonds. The molecular formula is C23H26N4O2. The quantitative estimate of drug-likeness (QED) is 0.686. The summed E-state index contributed by atoms with van der Waals surface area (Å²) in [6.07, 6.45) is 4.34. The Hall–Kier alpha value is -2.86. The van der Waals surface area contributed by atoms with E-state index in [1.165, 1.54) is 0 Å². The molecule has 0 N–H and O–H groups in total. The van der Waals surface area contributed by atoms with Crippen molar-refractivity contribution in [2.75, 3.05) is 33.8 Å². The Bertz CT molecular complexity index is 1060. The molecule has 0 bridgehead atoms. The van der Waals surface area contributed by atoms with Crippen LogP contribution in [0, 0.1) is 0 Å². The summed E-state index contributed by atoms with van der Waals surface area (Å²) in [6, 6.07) is 14.1. The maximum atomic E-state index is 13.5. The van der Waals surface area contributed by atoms with Crippen molar-refractivity contribution in [1.82, 2.24) is 19.2 Å². The maximum Gasteiger partial charge on any atom is 0.274 e. The molecule has 1 atom stereocenters. The van der Waals surface area contributed by atoms with E-state index in [-0.39, 0.29) is 11.9 Å². The molecule has 1 saturated carbocycles. The van der Waals surface area contributed by atoms with E-state index in [1.807, 2.05) is 47.5 Å². The van der Waals surface area contributed by atoms with Crippen LogP contribution in [-0.2, 0) is 0 Å². The van der Waals surface area contributed by atoms with Crippen LogP contribution in [-0.4, -0.2) is 58.9 Å². The molecule has 6 heteroatoms. The van der Waals surface area contributed by atoms with Gasteiger partial charge in [-0.3, -0.25) is 9.69 Å². The summed E-state index contributed by atoms with van der Waals surface area (Å²) in [4.78, 5) is 22.6. The van der Waals surface area contributed by atoms with Gasteiger partial charge in [0.2, 0.25) is 0 Å². The highest BCUT2D eigenvalue weighted by Crippen LogP contribution is 2.40. The number of rotatable bonds is 4. The molecule has 3 heterocycles. The number of ether oxygens (including phenoxy) is 1. The minimum atomic E-state index is 0.0218. The first-order valence-corrected chi connectivity index (χ1v) is 10.3. The first-order chi connectivity index (χ1) is 14.2. The molecule has 2 aliphatic rings. The number of pyridine rings is 1. The minimum Gasteiger partial charge on any atom is -0.496 e. The first kappa shape index (κ1) is 18.2. The van der Waals surface area contributed by atoms with Gasteiger partial charge in [-0.05, 0) is 38.1 Å². The van der Waals surface area contributed by atoms with E-state index in [2.05, 4.69) is 22.4 Å². The summed E-state index contributed by atoms with van der Waals surface area (Å²) < 4.78 is 7.67. The SMILES string of the molecule is COc1ccccc1C1CN(C(=O)c2nc(C3CC3)n3ccccc23)CCN1C. The molecule has 1 aromatic carbocycles. The van der Waals surface area contributed by atoms with Crippen LogP contribution < -0.4 is 4.74 Å². The Labute approximate surface area is 170 Å². The number of amides is 1. The number of benzene rings is 1. The average molecular weight is 390 g/mol. The number of nitrogens with zero attached hydrogens (tertiary/aromatic N) is 4. The van der Waals surface area contributed by atoms with Gasteiger partial charge in [0.25, 0.3) is 5.91 Å². The average Bonchev–Trinajstić information content (AvgIpc) is 3.54. The van der Waals surface area contributed by atoms with Crippen LogP contribution in [0.2, 0.25) is 0 Å². The van der Waals surface area contributed by atoms with Gasteiger partial charge in [-0.15, -0.1) is 0 Å². The van der Waals surface area contributed by atoms with Gasteiger partial charge in [-0.1, -0.05) is 24.3 Å². The molecule has 0 spiro atoms. The Balaban J connectivity index is 1.47. The molecule has 1 aliphatic heterocycles. The lowest BCUT2D eigenvalue weighted by Gasteiger charge is -2.39. The number of carbonyl (C=O) groups excluding carboxylic acids is 1. The number of imidazole rings is 1. The summed E-state index contributed by atoms with van der Waals surface area (Å²) in [5.74, 6) is 2.40. The standard InChI is InChI=1S/C23H26N4O2/c1-25-13-14-26(15-19(25)17-7-3-4-9-20(17)29-2)23(28)21-18-8-5-6-12-27(18)22(24-21)16-10-11-16/h3-9,12,16,19H,10-11,13-15H2,1-2H3. The monoisotopic (exact) mass is 390 g/mol. The molecule has 5 rings (SSSR count). The highest BCUT2D eigenvalue weighted by atomic mass is 16.5. The highest BCUT2D eigenvalue weighted by Gasteiger charge is 2.34. The smallest absolute Gasteiger partial charge is 0.274 e. The van der Waals surface area contributed by atoms with Gasteiger partial charge >= 0.3 is 0 Å². The number of para-hydroxylation sites is 1. The van der Waals surface area contributed by atoms with E-state index in [0.717, 1.165) is 42.0 Å². The van der Waals surface area contributed by atoms with Crippen molar-refractivity contribution >= 4 is 11.4 Å². The number of hydrogen-bond acceptors (Lipinski definition) is 4. The minimum absolute atomic E-state index is 0.0218. The molecule has 1 aliphatic carbocycles. The van der Waals surface area contributed by atoms with E-state index in [9.17, 15) is 4.79 Å². The zero-order valence-electron chi connectivity index (χ0n) is 16.9. The Morgan fingerprint density at radius 1 is 1.10 bits per heavy atom. The summed E-state index contributed by atoms with van der Waals surface area (Å²) in [5.41, 5.74) is 2.60. The Kier molecular flexibility index (Phi) is 4.51. The molecular weight excluding hydrogens is 364 g/mol. The third-order valence-electron chi connectivity index (χ3n) is 6.15. The maximum absolute atomic E-state index is 13.5. The molecule has 0 radical (unpaired) electrons. The zero-order valence-corrected chi connectivity index (χ0v) is 16.9. The van der Waals surface area contributed by atoms with Crippen molar-refractivity contribution in [2.45, 2.75) is 24.8 Å². The lowest BCUT2D eigenvalue weighted by Crippen LogP contribution is -2.49. The summed E-state index contributed by atoms with van der Waals surface area (Å²) in [5, 5.41) is 0. The van der Waals surface area contributed by atoms with E-state index in [1.54, 1.807) is 7.11 Å². The van der Waals surface area contributed by atoms with Crippen LogP contribution in [0.1, 0.15) is 46.7 Å². The summed E-state index contributed by atoms with van der Waals surface area (Å²) in [7, 11) is 3.80. The van der Waals surface area contributed by atoms with Crippen LogP contribution in [0.3, 0.4) is 0 Å². The molecule has 6 nitrogen and oxygen atoms in total. The second-order valence-corrected chi connectivity index (χ2v) is 8.04. The van der Waals surface area contributed by atoms with Crippen molar-refractivity contribution < 1.29 is 9.53 Å². The van der Waals surface area contributed by atoms with Gasteiger partial charge in [-0.25, -0.2) is 4.98 Å². The fraction of sp³-hybridized carbons (Fsp3) is 0.391. The van der Waals surface area contributed by atoms with Crippen LogP contribution in [0.15, 0.2) is 48.7 Å². The van der Waals surface area contributed by atoms with Crippen molar-refractivity contribution in [1.29, 1.82) is 0 Å². The van der Waals surface area contributed by atoms with E-state index in [4.69, 9.17) is 9.72 Å². The van der Waals surface area contributed by atoms with Gasteiger partial charge in [0.05, 0.1) is 18.7 Å². The van der Waals surface area contributed by atoms with E-state index >= 15 is 0 Å². The van der Waals surface area contributed by atoms with E-state index < -0.39 is 0 Å². The van der Waals surface area contributed by atoms with Crippen molar-refractivity contribution in [3.05, 3.63) is 65.7 Å². The zero-order chi connectivity index (χ0) is 20.0. The van der Waals surface area contributed by atoms with Crippen molar-refractivity contribution in [3.63, 3.8) is 0 Å². The van der Waals surface area contributed by atoms with Crippen LogP contribution in [0.25, 0.3) is 5.52 Å². The summed E-state index contributed by atoms with van der Waals surface area (Å²) >= 11 is 0. The molecule has 1 saturated heterocycles. The van der Waals surface area contributed by atoms with Gasteiger partial charge < -0.3 is 14.0 Å². The lowest BCUT2D eigenvalue weighted by molar-refractivity contribution is 0.0539. The van der Waals surface area contributed by atoms with Crippen LogP contribution >= 0.6 is 0 Å². The van der Waals surface area contributed by atoms with Crippen LogP contribution in [0.5, 0.6) is 5.75 Å². The fourth-order valence-corrected chi connectivity index (χ4v) is 4.33. The summed E-state index contributed by atoms with van der Waals surface area (Å²) in [6.45, 7) is 2.14. The number of hydrogen-bond donors (Lipinski definition) is 0. The van der Waals surface area contributed by atoms with Gasteiger partial charge in [0, 0.05) is 37.3 Å². The fourth-order valence-electron chi connectivity index (χ4n) is 4.33. The first-order valence-electron chi connectivity index (χ1n) is 10.3. The van der Waals surface area contributed by atoms with Crippen LogP contribution in [0.4, 0.5) is 0 Å². The number of methoxy groups -OCH3 is 1. The second-order valence-electron chi connectivity index (χ2n) is 8.04. The predicted molar refractivity (Wildman–Crippen MR) is 111 cm³/mol. The molecule has 150 valence electrons. The Morgan fingerprint density at radius 3 is 2.69 bits per heavy atom. The van der Waals surface area contributed by atoms with Crippen molar-refractivity contribution in [3.8, 4) is 5.75 Å². The molecule has 1 unspecified atom stereocenters. The van der Waals surface area contributed by atoms with Crippen molar-refractivity contribution in [2.24, 2.45) is 0 Å². The molecule has 3 aromatic rings. The third kappa shape index (κ3) is 3.17. The highest BCUT2D eigenvalue weighted by molar-refractivity contribution is 5.99. The largest absolute Gasteiger partial charge is 0.496 e. The Morgan fingerprint density at radius 2 is 1.90 bits per heavy atom. The normalized spacial score (nSPS) is 20.2. The number of fused-ring (bicyclic) bond motifs is 1. The number of carbonyl (C=O) groups is 1. The second kappa shape index (κ2) is 7.19. The van der Waals surface area contributed by atoms with Gasteiger partial charge in [-0.2, -0.15) is 0 Å². The molecule has 2 fully saturated rings. The predicted octanol–water partition coefficient (Wildman–Crippen LogP) is 3.35. The van der Waals surface area contributed by atoms with E-state index in [0.29, 0.717) is 24.7 Å².